The van der Waals surface area contributed by atoms with E-state index in [1.54, 1.807) is 19.1 Å². The molecule has 0 spiro atoms. The molecule has 7 aliphatic rings. The molecule has 31 heteroatoms. The van der Waals surface area contributed by atoms with Crippen LogP contribution in [0.5, 0.6) is 0 Å². The standard InChI is InChI=1S/C30H32F2N4O3.C25H32N4O2.C19H24BrN3O2.C11H18BNO3.C6H5BF2O2/c1-17-29(18(2)39-34-17)19-7-14-26-25(15-19)33-30(36(26)20-8-11-22(38-3)12-9-20)27-5-4-6-28(37)35(27)21-10-13-23(31)24(32)16-21;1-15-6-5-7-21(26-15)25-27-22-14-18(24-16(2)28-31-17(24)3)8-13-23(22)29(25)19-9-11-20(30-4)12-10-19;1-25-14-8-6-13(7-9-14)23-17-10-5-12(20)11-16(17)22-19(23)15-3-2-4-18(24)21-15;1-7-9(8(2)14-13-7)12-15-10(3,4)11(5,6)16-12;8-5-2-1-4(7(10)11)3-6(5)9/h7,10,13-16,20,22,27H,4-6,8-9,11-12H2,1-3H3;8,13-14,19-21,26H,1,5-7,9-12H2,2-4H3;5,10-11,13-15H,2-4,6-9H2,1H3,(H,21,24);1-6H3;1-3,10-11H/t20?,22?,27-;19?,20?,21-;13?,14?,15-;;/m000../s1. The van der Waals surface area contributed by atoms with Crippen molar-refractivity contribution in [2.24, 2.45) is 0 Å². The van der Waals surface area contributed by atoms with E-state index < -0.39 is 36.4 Å². The Bertz CT molecular complexity index is 5490. The number of nitrogens with zero attached hydrogens (tertiary/aromatic N) is 10. The highest BCUT2D eigenvalue weighted by Gasteiger charge is 2.53. The summed E-state index contributed by atoms with van der Waals surface area (Å²) in [5.74, 6) is 1.31. The van der Waals surface area contributed by atoms with Crippen LogP contribution < -0.4 is 26.5 Å². The van der Waals surface area contributed by atoms with E-state index in [-0.39, 0.29) is 59.8 Å². The Morgan fingerprint density at radius 3 is 1.38 bits per heavy atom. The van der Waals surface area contributed by atoms with E-state index in [1.165, 1.54) is 17.1 Å². The molecule has 0 radical (unpaired) electrons. The molecule has 11 aromatic rings. The Hall–Kier alpha value is -9.33. The maximum Gasteiger partial charge on any atom is 0.500 e. The van der Waals surface area contributed by atoms with Crippen molar-refractivity contribution in [3.8, 4) is 22.3 Å². The third kappa shape index (κ3) is 19.1. The zero-order valence-electron chi connectivity index (χ0n) is 71.9. The lowest BCUT2D eigenvalue weighted by molar-refractivity contribution is -0.123. The molecule has 18 rings (SSSR count). The minimum atomic E-state index is -1.76. The van der Waals surface area contributed by atoms with Crippen LogP contribution in [0.1, 0.15) is 251 Å². The second-order valence-electron chi connectivity index (χ2n) is 34.3. The fraction of sp³-hybridized carbons (Fsp3) is 0.495. The first kappa shape index (κ1) is 89.0. The molecule has 3 saturated carbocycles. The molecule has 648 valence electrons. The average molecular weight is 1740 g/mol. The smallest absolute Gasteiger partial charge is 0.423 e. The van der Waals surface area contributed by atoms with Crippen LogP contribution in [0.25, 0.3) is 55.4 Å². The van der Waals surface area contributed by atoms with Gasteiger partial charge in [-0.3, -0.25) is 9.59 Å². The first-order valence-corrected chi connectivity index (χ1v) is 43.5. The molecule has 3 aliphatic carbocycles. The van der Waals surface area contributed by atoms with Gasteiger partial charge in [-0.1, -0.05) is 56.2 Å². The van der Waals surface area contributed by atoms with Crippen molar-refractivity contribution in [2.45, 2.75) is 270 Å². The maximum absolute atomic E-state index is 14.3. The van der Waals surface area contributed by atoms with Gasteiger partial charge in [0, 0.05) is 90.8 Å². The summed E-state index contributed by atoms with van der Waals surface area (Å²) in [4.78, 5) is 42.1. The van der Waals surface area contributed by atoms with Gasteiger partial charge < -0.3 is 76.4 Å². The molecule has 4 saturated heterocycles. The van der Waals surface area contributed by atoms with Crippen LogP contribution in [-0.2, 0) is 33.1 Å². The number of nitrogens with one attached hydrogen (secondary N) is 2. The van der Waals surface area contributed by atoms with Gasteiger partial charge >= 0.3 is 14.2 Å². The van der Waals surface area contributed by atoms with Gasteiger partial charge in [0.25, 0.3) is 0 Å². The number of anilines is 1. The highest BCUT2D eigenvalue weighted by molar-refractivity contribution is 9.10. The zero-order valence-corrected chi connectivity index (χ0v) is 73.5. The number of benzene rings is 5. The van der Waals surface area contributed by atoms with Crippen molar-refractivity contribution >= 4 is 91.7 Å². The second kappa shape index (κ2) is 38.0. The van der Waals surface area contributed by atoms with Gasteiger partial charge in [0.05, 0.1) is 97.8 Å². The summed E-state index contributed by atoms with van der Waals surface area (Å²) in [5, 5.41) is 35.9. The van der Waals surface area contributed by atoms with Crippen LogP contribution in [0.2, 0.25) is 0 Å². The number of fused-ring (bicyclic) bond motifs is 3. The molecule has 0 unspecified atom stereocenters. The quantitative estimate of drug-likeness (QED) is 0.0581. The Morgan fingerprint density at radius 1 is 0.500 bits per heavy atom. The molecule has 4 aliphatic heterocycles. The van der Waals surface area contributed by atoms with Crippen LogP contribution in [0.3, 0.4) is 0 Å². The summed E-state index contributed by atoms with van der Waals surface area (Å²) in [7, 11) is 3.25. The largest absolute Gasteiger partial charge is 0.500 e. The number of rotatable bonds is 14. The van der Waals surface area contributed by atoms with Crippen molar-refractivity contribution in [1.82, 2.24) is 54.8 Å². The fourth-order valence-corrected chi connectivity index (χ4v) is 18.9. The molecule has 0 bridgehead atoms. The number of ether oxygens (including phenoxy) is 3. The molecule has 2 amide bonds. The number of carbonyl (C=O) groups is 2. The van der Waals surface area contributed by atoms with Gasteiger partial charge in [0.2, 0.25) is 11.8 Å². The molecule has 5 aromatic carbocycles. The molecule has 7 fully saturated rings. The van der Waals surface area contributed by atoms with Crippen molar-refractivity contribution in [1.29, 1.82) is 0 Å². The topological polar surface area (TPSA) is 280 Å². The molecular formula is C91H111B2BrF4N12O12. The van der Waals surface area contributed by atoms with Gasteiger partial charge in [-0.05, 0) is 275 Å². The van der Waals surface area contributed by atoms with E-state index in [0.29, 0.717) is 55.7 Å². The second-order valence-corrected chi connectivity index (χ2v) is 35.2. The van der Waals surface area contributed by atoms with Crippen LogP contribution in [0, 0.1) is 64.8 Å². The fourth-order valence-electron chi connectivity index (χ4n) is 18.6. The number of methoxy groups -OCH3 is 3. The number of imidazole rings is 3. The third-order valence-electron chi connectivity index (χ3n) is 25.7. The van der Waals surface area contributed by atoms with Crippen molar-refractivity contribution < 1.29 is 74.3 Å². The predicted octanol–water partition coefficient (Wildman–Crippen LogP) is 18.2. The molecule has 3 atom stereocenters. The summed E-state index contributed by atoms with van der Waals surface area (Å²) in [5.41, 5.74) is 14.6. The van der Waals surface area contributed by atoms with Gasteiger partial charge in [0.15, 0.2) is 23.3 Å². The first-order valence-electron chi connectivity index (χ1n) is 42.7. The number of carbonyl (C=O) groups excluding carboxylic acids is 2. The van der Waals surface area contributed by atoms with Crippen molar-refractivity contribution in [2.75, 3.05) is 26.2 Å². The lowest BCUT2D eigenvalue weighted by Gasteiger charge is -2.37. The van der Waals surface area contributed by atoms with Crippen LogP contribution >= 0.6 is 15.9 Å². The molecule has 122 heavy (non-hydrogen) atoms. The summed E-state index contributed by atoms with van der Waals surface area (Å²) >= 11 is 3.55. The van der Waals surface area contributed by atoms with Gasteiger partial charge in [-0.2, -0.15) is 0 Å². The van der Waals surface area contributed by atoms with Gasteiger partial charge in [0.1, 0.15) is 34.8 Å². The molecule has 10 heterocycles. The van der Waals surface area contributed by atoms with Crippen LogP contribution in [-0.4, -0.2) is 131 Å². The highest BCUT2D eigenvalue weighted by Crippen LogP contribution is 2.46. The highest BCUT2D eigenvalue weighted by atomic mass is 79.9. The Kier molecular flexibility index (Phi) is 27.7. The molecule has 4 N–H and O–H groups in total. The number of allylic oxidation sites excluding steroid dienone is 1. The Balaban J connectivity index is 0.000000132. The zero-order chi connectivity index (χ0) is 86.8. The predicted molar refractivity (Wildman–Crippen MR) is 464 cm³/mol. The van der Waals surface area contributed by atoms with E-state index in [1.807, 2.05) is 76.3 Å². The minimum absolute atomic E-state index is 0.0209. The van der Waals surface area contributed by atoms with Gasteiger partial charge in [-0.15, -0.1) is 0 Å². The van der Waals surface area contributed by atoms with Crippen LogP contribution in [0.4, 0.5) is 23.2 Å². The van der Waals surface area contributed by atoms with E-state index in [4.69, 9.17) is 62.1 Å². The molecular weight excluding hydrogens is 1630 g/mol. The summed E-state index contributed by atoms with van der Waals surface area (Å²) in [6.07, 6.45) is 21.0. The number of aromatic nitrogens is 9. The number of hydrogen-bond acceptors (Lipinski definition) is 19. The number of aryl methyl sites for hydroxylation is 6. The average Bonchev–Trinajstić information content (AvgIpc) is 1.57. The molecule has 24 nitrogen and oxygen atoms in total. The Labute approximate surface area is 718 Å². The van der Waals surface area contributed by atoms with Crippen LogP contribution in [0.15, 0.2) is 121 Å². The summed E-state index contributed by atoms with van der Waals surface area (Å²) in [6, 6.07) is 26.3. The number of hydrogen-bond donors (Lipinski definition) is 4. The molecule has 6 aromatic heterocycles. The van der Waals surface area contributed by atoms with Crippen molar-refractivity contribution in [3.63, 3.8) is 0 Å². The minimum Gasteiger partial charge on any atom is -0.423 e. The van der Waals surface area contributed by atoms with Crippen molar-refractivity contribution in [3.05, 3.63) is 183 Å². The lowest BCUT2D eigenvalue weighted by atomic mass is 9.77. The Morgan fingerprint density at radius 2 is 0.934 bits per heavy atom. The summed E-state index contributed by atoms with van der Waals surface area (Å²) in [6.45, 7) is 23.9. The first-order chi connectivity index (χ1) is 58.4. The van der Waals surface area contributed by atoms with E-state index in [9.17, 15) is 27.2 Å². The van der Waals surface area contributed by atoms with E-state index in [0.717, 1.165) is 251 Å². The van der Waals surface area contributed by atoms with E-state index >= 15 is 0 Å². The monoisotopic (exact) mass is 1740 g/mol. The lowest BCUT2D eigenvalue weighted by Crippen LogP contribution is -2.41. The maximum atomic E-state index is 14.3. The summed E-state index contributed by atoms with van der Waals surface area (Å²) < 4.78 is 105. The number of halogens is 5. The SMILES string of the molecule is C=C1CCC[C@@H](c2nc3cc(-c4c(C)noc4C)ccc3n2C2CCC(OC)CC2)N1.COC1CCC(n2c([C@@H]3CCCC(=O)N3)nc3cc(Br)ccc32)CC1.COC1CCC(n2c([C@@H]3CCCC(=O)N3c3ccc(F)c(F)c3)nc3cc(-c4c(C)noc4C)ccc32)CC1.Cc1noc(C)c1B1OC(C)(C)C(C)(C)O1.OB(O)c1ccc(F)c(F)c1. The number of piperidine rings is 3. The van der Waals surface area contributed by atoms with Gasteiger partial charge in [-0.25, -0.2) is 32.5 Å². The van der Waals surface area contributed by atoms with E-state index in [2.05, 4.69) is 117 Å². The normalized spacial score (nSPS) is 22.8. The third-order valence-corrected chi connectivity index (χ3v) is 26.2. The number of amides is 2.